The summed E-state index contributed by atoms with van der Waals surface area (Å²) in [7, 11) is -5.24. The molecule has 0 saturated carbocycles. The lowest BCUT2D eigenvalue weighted by Gasteiger charge is -2.34. The molecule has 10 nitrogen and oxygen atoms in total. The number of alkyl halides is 2. The topological polar surface area (TPSA) is 177 Å². The molecule has 1 fully saturated rings. The van der Waals surface area contributed by atoms with Crippen LogP contribution in [0.3, 0.4) is 0 Å². The summed E-state index contributed by atoms with van der Waals surface area (Å²) < 4.78 is 44.7. The number of ether oxygens (including phenoxy) is 1. The maximum absolute atomic E-state index is 13.1. The molecule has 0 aromatic carbocycles. The van der Waals surface area contributed by atoms with Gasteiger partial charge in [-0.2, -0.15) is 0 Å². The molecule has 0 aromatic heterocycles. The lowest BCUT2D eigenvalue weighted by molar-refractivity contribution is -0.333. The summed E-state index contributed by atoms with van der Waals surface area (Å²) in [6, 6.07) is 0. The number of hydrogen-bond acceptors (Lipinski definition) is 8. The van der Waals surface area contributed by atoms with Gasteiger partial charge in [0.25, 0.3) is 0 Å². The standard InChI is InChI=1S/C7H13F2O10P/c8-6(9,1-10)5(13)7(14)3(12)2(11)4(18-7)19-20(15,16)17/h2-5,10-14H,1H2,(H2,15,16,17)/t2-,3+,4?,5+,7?/m0/s1. The maximum Gasteiger partial charge on any atom is 0.472 e. The number of rotatable bonds is 5. The summed E-state index contributed by atoms with van der Waals surface area (Å²) in [6.45, 7) is -1.92. The van der Waals surface area contributed by atoms with E-state index in [1.807, 2.05) is 0 Å². The van der Waals surface area contributed by atoms with Gasteiger partial charge in [0.1, 0.15) is 18.8 Å². The molecular formula is C7H13F2O10P. The summed E-state index contributed by atoms with van der Waals surface area (Å²) in [5, 5.41) is 45.9. The molecule has 1 rings (SSSR count). The van der Waals surface area contributed by atoms with Crippen LogP contribution in [-0.4, -0.2) is 78.2 Å². The van der Waals surface area contributed by atoms with E-state index in [4.69, 9.17) is 14.9 Å². The molecule has 1 aliphatic rings. The summed E-state index contributed by atoms with van der Waals surface area (Å²) in [5.41, 5.74) is 0. The minimum Gasteiger partial charge on any atom is -0.390 e. The third-order valence-electron chi connectivity index (χ3n) is 2.57. The van der Waals surface area contributed by atoms with E-state index in [2.05, 4.69) is 9.26 Å². The predicted octanol–water partition coefficient (Wildman–Crippen LogP) is -3.15. The fourth-order valence-corrected chi connectivity index (χ4v) is 1.99. The van der Waals surface area contributed by atoms with E-state index < -0.39 is 50.7 Å². The van der Waals surface area contributed by atoms with Crippen molar-refractivity contribution in [2.75, 3.05) is 6.61 Å². The number of hydrogen-bond donors (Lipinski definition) is 7. The second-order valence-corrected chi connectivity index (χ2v) is 5.28. The molecule has 1 aliphatic heterocycles. The Hall–Kier alpha value is -0.270. The number of aliphatic hydroxyl groups is 5. The molecule has 1 saturated heterocycles. The van der Waals surface area contributed by atoms with Gasteiger partial charge in [-0.1, -0.05) is 0 Å². The first-order valence-electron chi connectivity index (χ1n) is 5.02. The predicted molar refractivity (Wildman–Crippen MR) is 53.0 cm³/mol. The monoisotopic (exact) mass is 326 g/mol. The summed E-state index contributed by atoms with van der Waals surface area (Å²) in [6.07, 6.45) is -10.5. The van der Waals surface area contributed by atoms with Crippen molar-refractivity contribution in [2.45, 2.75) is 36.3 Å². The lowest BCUT2D eigenvalue weighted by Crippen LogP contribution is -2.60. The Morgan fingerprint density at radius 2 is 1.90 bits per heavy atom. The quantitative estimate of drug-likeness (QED) is 0.255. The average molecular weight is 326 g/mol. The van der Waals surface area contributed by atoms with E-state index in [9.17, 15) is 33.8 Å². The first kappa shape index (κ1) is 17.8. The van der Waals surface area contributed by atoms with E-state index in [-0.39, 0.29) is 0 Å². The molecule has 1 heterocycles. The Morgan fingerprint density at radius 3 is 2.30 bits per heavy atom. The van der Waals surface area contributed by atoms with Crippen LogP contribution in [0.25, 0.3) is 0 Å². The van der Waals surface area contributed by atoms with E-state index in [1.165, 1.54) is 0 Å². The van der Waals surface area contributed by atoms with Crippen LogP contribution in [0.2, 0.25) is 0 Å². The molecule has 0 spiro atoms. The van der Waals surface area contributed by atoms with Crippen molar-refractivity contribution in [3.63, 3.8) is 0 Å². The minimum atomic E-state index is -5.24. The fourth-order valence-electron chi connectivity index (χ4n) is 1.55. The molecule has 13 heteroatoms. The van der Waals surface area contributed by atoms with Crippen molar-refractivity contribution in [3.8, 4) is 0 Å². The van der Waals surface area contributed by atoms with Gasteiger partial charge >= 0.3 is 13.7 Å². The molecule has 2 unspecified atom stereocenters. The highest BCUT2D eigenvalue weighted by Gasteiger charge is 2.64. The Morgan fingerprint density at radius 1 is 1.40 bits per heavy atom. The summed E-state index contributed by atoms with van der Waals surface area (Å²) >= 11 is 0. The van der Waals surface area contributed by atoms with Gasteiger partial charge in [0.2, 0.25) is 12.1 Å². The molecule has 5 atom stereocenters. The third kappa shape index (κ3) is 3.31. The summed E-state index contributed by atoms with van der Waals surface area (Å²) in [5.74, 6) is -7.84. The minimum absolute atomic E-state index is 1.92. The van der Waals surface area contributed by atoms with Crippen LogP contribution in [0, 0.1) is 0 Å². The van der Waals surface area contributed by atoms with Gasteiger partial charge in [-0.05, 0) is 0 Å². The Kier molecular flexibility index (Phi) is 4.89. The number of phosphoric ester groups is 1. The highest BCUT2D eigenvalue weighted by atomic mass is 31.2. The highest BCUT2D eigenvalue weighted by molar-refractivity contribution is 7.46. The molecule has 120 valence electrons. The van der Waals surface area contributed by atoms with E-state index in [0.717, 1.165) is 0 Å². The molecule has 0 radical (unpaired) electrons. The first-order chi connectivity index (χ1) is 8.85. The van der Waals surface area contributed by atoms with Crippen molar-refractivity contribution >= 4 is 7.82 Å². The Labute approximate surface area is 110 Å². The zero-order chi connectivity index (χ0) is 15.9. The maximum atomic E-state index is 13.1. The van der Waals surface area contributed by atoms with Crippen LogP contribution < -0.4 is 0 Å². The van der Waals surface area contributed by atoms with Crippen molar-refractivity contribution in [1.29, 1.82) is 0 Å². The van der Waals surface area contributed by atoms with Gasteiger partial charge in [0.05, 0.1) is 0 Å². The van der Waals surface area contributed by atoms with Crippen LogP contribution in [0.15, 0.2) is 0 Å². The molecule has 0 aliphatic carbocycles. The molecule has 0 aromatic rings. The van der Waals surface area contributed by atoms with Gasteiger partial charge in [0.15, 0.2) is 6.10 Å². The smallest absolute Gasteiger partial charge is 0.390 e. The number of aliphatic hydroxyl groups excluding tert-OH is 4. The van der Waals surface area contributed by atoms with Gasteiger partial charge in [-0.15, -0.1) is 0 Å². The zero-order valence-electron chi connectivity index (χ0n) is 9.57. The number of phosphoric acid groups is 1. The fraction of sp³-hybridized carbons (Fsp3) is 1.00. The van der Waals surface area contributed by atoms with Crippen molar-refractivity contribution in [2.24, 2.45) is 0 Å². The Balaban J connectivity index is 3.00. The van der Waals surface area contributed by atoms with Gasteiger partial charge in [-0.25, -0.2) is 13.3 Å². The zero-order valence-corrected chi connectivity index (χ0v) is 10.5. The molecular weight excluding hydrogens is 313 g/mol. The Bertz CT molecular complexity index is 401. The largest absolute Gasteiger partial charge is 0.472 e. The second kappa shape index (κ2) is 5.50. The lowest BCUT2D eigenvalue weighted by atomic mass is 9.97. The van der Waals surface area contributed by atoms with E-state index in [0.29, 0.717) is 0 Å². The average Bonchev–Trinajstić information content (AvgIpc) is 2.52. The van der Waals surface area contributed by atoms with E-state index in [1.54, 1.807) is 0 Å². The van der Waals surface area contributed by atoms with Crippen LogP contribution in [-0.2, 0) is 13.8 Å². The SMILES string of the molecule is O=P(O)(O)OC1OC(O)([C@H](O)C(F)(F)CO)[C@H](O)[C@@H]1O. The van der Waals surface area contributed by atoms with Gasteiger partial charge in [0, 0.05) is 0 Å². The van der Waals surface area contributed by atoms with Crippen LogP contribution in [0.5, 0.6) is 0 Å². The molecule has 0 bridgehead atoms. The number of halogens is 2. The van der Waals surface area contributed by atoms with Crippen molar-refractivity contribution in [3.05, 3.63) is 0 Å². The van der Waals surface area contributed by atoms with E-state index >= 15 is 0 Å². The molecule has 20 heavy (non-hydrogen) atoms. The third-order valence-corrected chi connectivity index (χ3v) is 3.06. The highest BCUT2D eigenvalue weighted by Crippen LogP contribution is 2.45. The van der Waals surface area contributed by atoms with Crippen LogP contribution >= 0.6 is 7.82 Å². The summed E-state index contributed by atoms with van der Waals surface area (Å²) in [4.78, 5) is 17.0. The van der Waals surface area contributed by atoms with Crippen LogP contribution in [0.4, 0.5) is 8.78 Å². The van der Waals surface area contributed by atoms with Crippen molar-refractivity contribution in [1.82, 2.24) is 0 Å². The second-order valence-electron chi connectivity index (χ2n) is 4.09. The van der Waals surface area contributed by atoms with Gasteiger partial charge < -0.3 is 40.1 Å². The molecule has 7 N–H and O–H groups in total. The first-order valence-corrected chi connectivity index (χ1v) is 6.55. The van der Waals surface area contributed by atoms with Gasteiger partial charge in [-0.3, -0.25) is 4.52 Å². The van der Waals surface area contributed by atoms with Crippen LogP contribution in [0.1, 0.15) is 0 Å². The normalized spacial score (nSPS) is 37.1. The van der Waals surface area contributed by atoms with Crippen molar-refractivity contribution < 1.29 is 57.9 Å². The molecule has 0 amide bonds.